The summed E-state index contributed by atoms with van der Waals surface area (Å²) in [6.07, 6.45) is 1.93. The molecule has 1 amide bonds. The van der Waals surface area contributed by atoms with Crippen LogP contribution in [0, 0.1) is 6.92 Å². The number of carbonyl (C=O) groups excluding carboxylic acids is 1. The Morgan fingerprint density at radius 2 is 1.65 bits per heavy atom. The minimum absolute atomic E-state index is 0.0193. The quantitative estimate of drug-likeness (QED) is 0.475. The number of ether oxygens (including phenoxy) is 1. The molecule has 4 nitrogen and oxygen atoms in total. The molecule has 5 heteroatoms. The maximum Gasteiger partial charge on any atom is 0.267 e. The zero-order valence-corrected chi connectivity index (χ0v) is 18.4. The fraction of sp³-hybridized carbons (Fsp3) is 0.154. The predicted octanol–water partition coefficient (Wildman–Crippen LogP) is 5.68. The average Bonchev–Trinajstić information content (AvgIpc) is 3.08. The molecule has 0 unspecified atom stereocenters. The minimum atomic E-state index is -0.0193. The van der Waals surface area contributed by atoms with E-state index in [4.69, 9.17) is 9.73 Å². The summed E-state index contributed by atoms with van der Waals surface area (Å²) in [6, 6.07) is 26.0. The van der Waals surface area contributed by atoms with E-state index in [1.54, 1.807) is 12.0 Å². The summed E-state index contributed by atoms with van der Waals surface area (Å²) in [4.78, 5) is 20.5. The zero-order valence-electron chi connectivity index (χ0n) is 17.6. The van der Waals surface area contributed by atoms with Crippen LogP contribution in [0.5, 0.6) is 5.75 Å². The van der Waals surface area contributed by atoms with Gasteiger partial charge in [-0.15, -0.1) is 0 Å². The fourth-order valence-electron chi connectivity index (χ4n) is 3.42. The molecule has 1 saturated heterocycles. The van der Waals surface area contributed by atoms with Gasteiger partial charge in [-0.3, -0.25) is 14.7 Å². The molecule has 4 rings (SSSR count). The monoisotopic (exact) mass is 428 g/mol. The van der Waals surface area contributed by atoms with Crippen molar-refractivity contribution in [2.45, 2.75) is 20.0 Å². The molecule has 1 aliphatic heterocycles. The molecule has 0 atom stereocenters. The van der Waals surface area contributed by atoms with Crippen molar-refractivity contribution >= 4 is 28.9 Å². The van der Waals surface area contributed by atoms with Crippen LogP contribution in [-0.2, 0) is 17.9 Å². The van der Waals surface area contributed by atoms with Gasteiger partial charge in [0.15, 0.2) is 5.17 Å². The topological polar surface area (TPSA) is 41.9 Å². The number of amides is 1. The lowest BCUT2D eigenvalue weighted by Crippen LogP contribution is -2.28. The smallest absolute Gasteiger partial charge is 0.267 e. The molecule has 156 valence electrons. The molecular weight excluding hydrogens is 404 g/mol. The molecule has 1 aliphatic rings. The summed E-state index contributed by atoms with van der Waals surface area (Å²) >= 11 is 1.43. The Balaban J connectivity index is 1.63. The maximum atomic E-state index is 13.3. The third kappa shape index (κ3) is 5.06. The van der Waals surface area contributed by atoms with Gasteiger partial charge in [0.05, 0.1) is 25.1 Å². The van der Waals surface area contributed by atoms with Crippen LogP contribution in [0.1, 0.15) is 22.3 Å². The van der Waals surface area contributed by atoms with E-state index in [1.807, 2.05) is 91.9 Å². The van der Waals surface area contributed by atoms with E-state index in [1.165, 1.54) is 11.8 Å². The molecule has 3 aromatic carbocycles. The lowest BCUT2D eigenvalue weighted by atomic mass is 10.1. The largest absolute Gasteiger partial charge is 0.496 e. The second-order valence-corrected chi connectivity index (χ2v) is 8.31. The van der Waals surface area contributed by atoms with Crippen LogP contribution in [0.2, 0.25) is 0 Å². The molecular formula is C26H24N2O2S. The summed E-state index contributed by atoms with van der Waals surface area (Å²) in [7, 11) is 1.66. The summed E-state index contributed by atoms with van der Waals surface area (Å²) in [5, 5.41) is 0.731. The highest BCUT2D eigenvalue weighted by Crippen LogP contribution is 2.34. The van der Waals surface area contributed by atoms with Crippen LogP contribution < -0.4 is 4.74 Å². The molecule has 0 saturated carbocycles. The van der Waals surface area contributed by atoms with Crippen LogP contribution in [0.3, 0.4) is 0 Å². The first-order valence-corrected chi connectivity index (χ1v) is 10.9. The lowest BCUT2D eigenvalue weighted by Gasteiger charge is -2.15. The summed E-state index contributed by atoms with van der Waals surface area (Å²) in [5.74, 6) is 0.817. The van der Waals surface area contributed by atoms with E-state index < -0.39 is 0 Å². The van der Waals surface area contributed by atoms with Gasteiger partial charge < -0.3 is 4.74 Å². The van der Waals surface area contributed by atoms with Crippen molar-refractivity contribution < 1.29 is 9.53 Å². The predicted molar refractivity (Wildman–Crippen MR) is 128 cm³/mol. The molecule has 0 N–H and O–H groups in total. The van der Waals surface area contributed by atoms with Crippen LogP contribution in [0.15, 0.2) is 88.8 Å². The van der Waals surface area contributed by atoms with Gasteiger partial charge in [-0.1, -0.05) is 66.7 Å². The van der Waals surface area contributed by atoms with Gasteiger partial charge in [-0.05, 0) is 59.1 Å². The van der Waals surface area contributed by atoms with Crippen LogP contribution in [0.4, 0.5) is 0 Å². The number of nitrogens with zero attached hydrogens (tertiary/aromatic N) is 2. The molecule has 0 spiro atoms. The molecule has 0 radical (unpaired) electrons. The first-order valence-electron chi connectivity index (χ1n) is 10.1. The first kappa shape index (κ1) is 20.9. The number of hydrogen-bond donors (Lipinski definition) is 0. The zero-order chi connectivity index (χ0) is 21.6. The number of amidine groups is 1. The maximum absolute atomic E-state index is 13.3. The van der Waals surface area contributed by atoms with Crippen molar-refractivity contribution in [2.24, 2.45) is 4.99 Å². The van der Waals surface area contributed by atoms with Gasteiger partial charge in [0.2, 0.25) is 0 Å². The minimum Gasteiger partial charge on any atom is -0.496 e. The summed E-state index contributed by atoms with van der Waals surface area (Å²) in [5.41, 5.74) is 4.20. The highest BCUT2D eigenvalue weighted by molar-refractivity contribution is 8.18. The molecule has 0 bridgehead atoms. The van der Waals surface area contributed by atoms with Gasteiger partial charge in [0.25, 0.3) is 5.91 Å². The van der Waals surface area contributed by atoms with Crippen molar-refractivity contribution in [1.82, 2.24) is 4.90 Å². The molecule has 0 aliphatic carbocycles. The number of benzene rings is 3. The Hall–Kier alpha value is -3.31. The number of aliphatic imine (C=N–C) groups is 1. The van der Waals surface area contributed by atoms with Crippen molar-refractivity contribution in [3.63, 3.8) is 0 Å². The standard InChI is InChI=1S/C26H24N2O2S/c1-19-15-22(13-14-23(19)30-2)16-24-25(29)28(18-21-11-7-4-8-12-21)26(31-24)27-17-20-9-5-3-6-10-20/h3-16H,17-18H2,1-2H3/b24-16-,27-26?. The van der Waals surface area contributed by atoms with Crippen molar-refractivity contribution in [3.05, 3.63) is 106 Å². The molecule has 31 heavy (non-hydrogen) atoms. The van der Waals surface area contributed by atoms with Gasteiger partial charge >= 0.3 is 0 Å². The molecule has 1 fully saturated rings. The highest BCUT2D eigenvalue weighted by atomic mass is 32.2. The Morgan fingerprint density at radius 1 is 0.968 bits per heavy atom. The molecule has 3 aromatic rings. The van der Waals surface area contributed by atoms with Crippen molar-refractivity contribution in [1.29, 1.82) is 0 Å². The first-order chi connectivity index (χ1) is 15.1. The summed E-state index contributed by atoms with van der Waals surface area (Å²) in [6.45, 7) is 3.04. The Bertz CT molecular complexity index is 1120. The second kappa shape index (κ2) is 9.67. The number of thioether (sulfide) groups is 1. The van der Waals surface area contributed by atoms with E-state index in [9.17, 15) is 4.79 Å². The third-order valence-electron chi connectivity index (χ3n) is 5.03. The van der Waals surface area contributed by atoms with Gasteiger partial charge in [-0.25, -0.2) is 0 Å². The van der Waals surface area contributed by atoms with E-state index in [2.05, 4.69) is 0 Å². The normalized spacial score (nSPS) is 16.3. The highest BCUT2D eigenvalue weighted by Gasteiger charge is 2.33. The molecule has 0 aromatic heterocycles. The molecule has 1 heterocycles. The van der Waals surface area contributed by atoms with Crippen molar-refractivity contribution in [3.8, 4) is 5.75 Å². The van der Waals surface area contributed by atoms with Crippen LogP contribution in [-0.4, -0.2) is 23.1 Å². The SMILES string of the molecule is COc1ccc(/C=C2\SC(=NCc3ccccc3)N(Cc3ccccc3)C2=O)cc1C. The Kier molecular flexibility index (Phi) is 6.53. The number of hydrogen-bond acceptors (Lipinski definition) is 4. The number of rotatable bonds is 6. The van der Waals surface area contributed by atoms with Gasteiger partial charge in [-0.2, -0.15) is 0 Å². The lowest BCUT2D eigenvalue weighted by molar-refractivity contribution is -0.122. The number of aryl methyl sites for hydroxylation is 1. The Morgan fingerprint density at radius 3 is 2.29 bits per heavy atom. The average molecular weight is 429 g/mol. The fourth-order valence-corrected chi connectivity index (χ4v) is 4.39. The van der Waals surface area contributed by atoms with E-state index >= 15 is 0 Å². The van der Waals surface area contributed by atoms with E-state index in [0.717, 1.165) is 33.2 Å². The van der Waals surface area contributed by atoms with E-state index in [0.29, 0.717) is 18.0 Å². The number of methoxy groups -OCH3 is 1. The van der Waals surface area contributed by atoms with Gasteiger partial charge in [0, 0.05) is 0 Å². The van der Waals surface area contributed by atoms with Crippen LogP contribution >= 0.6 is 11.8 Å². The van der Waals surface area contributed by atoms with Crippen LogP contribution in [0.25, 0.3) is 6.08 Å². The third-order valence-corrected chi connectivity index (χ3v) is 6.07. The van der Waals surface area contributed by atoms with E-state index in [-0.39, 0.29) is 5.91 Å². The number of carbonyl (C=O) groups is 1. The Labute approximate surface area is 187 Å². The van der Waals surface area contributed by atoms with Gasteiger partial charge in [0.1, 0.15) is 5.75 Å². The van der Waals surface area contributed by atoms with Crippen molar-refractivity contribution in [2.75, 3.05) is 7.11 Å². The summed E-state index contributed by atoms with van der Waals surface area (Å²) < 4.78 is 5.35. The second-order valence-electron chi connectivity index (χ2n) is 7.30.